The third-order valence-corrected chi connectivity index (χ3v) is 4.92. The number of ether oxygens (including phenoxy) is 1. The third kappa shape index (κ3) is 5.59. The van der Waals surface area contributed by atoms with Crippen LogP contribution in [0.5, 0.6) is 6.01 Å². The molecular weight excluding hydrogens is 420 g/mol. The minimum atomic E-state index is -0.357. The highest BCUT2D eigenvalue weighted by molar-refractivity contribution is 6.47. The number of hydrogen-bond acceptors (Lipinski definition) is 9. The monoisotopic (exact) mass is 448 g/mol. The SMILES string of the molecule is CN=C(C=C(N)C(C)(C)C)C(=O)Nc1ccc(C)c(Nc2ncnc3cnc(OC)nc23)c1. The summed E-state index contributed by atoms with van der Waals surface area (Å²) in [5.74, 6) is 0.133. The van der Waals surface area contributed by atoms with E-state index in [2.05, 4.69) is 35.6 Å². The van der Waals surface area contributed by atoms with Gasteiger partial charge in [-0.15, -0.1) is 0 Å². The summed E-state index contributed by atoms with van der Waals surface area (Å²) in [6, 6.07) is 5.72. The molecule has 0 saturated carbocycles. The van der Waals surface area contributed by atoms with Crippen LogP contribution in [-0.2, 0) is 4.79 Å². The molecule has 4 N–H and O–H groups in total. The normalized spacial score (nSPS) is 12.5. The number of aromatic nitrogens is 4. The zero-order valence-corrected chi connectivity index (χ0v) is 19.6. The topological polar surface area (TPSA) is 140 Å². The Labute approximate surface area is 192 Å². The van der Waals surface area contributed by atoms with E-state index in [0.29, 0.717) is 28.2 Å². The van der Waals surface area contributed by atoms with Crippen LogP contribution in [0.1, 0.15) is 26.3 Å². The van der Waals surface area contributed by atoms with Gasteiger partial charge in [-0.1, -0.05) is 26.8 Å². The maximum atomic E-state index is 12.8. The minimum Gasteiger partial charge on any atom is -0.467 e. The van der Waals surface area contributed by atoms with Crippen LogP contribution in [0.4, 0.5) is 17.2 Å². The number of nitrogens with zero attached hydrogens (tertiary/aromatic N) is 5. The maximum Gasteiger partial charge on any atom is 0.316 e. The lowest BCUT2D eigenvalue weighted by Crippen LogP contribution is -2.25. The molecule has 172 valence electrons. The van der Waals surface area contributed by atoms with E-state index in [1.54, 1.807) is 19.3 Å². The van der Waals surface area contributed by atoms with Gasteiger partial charge in [-0.05, 0) is 30.7 Å². The van der Waals surface area contributed by atoms with Crippen molar-refractivity contribution in [3.05, 3.63) is 48.1 Å². The second-order valence-corrected chi connectivity index (χ2v) is 8.38. The number of carbonyl (C=O) groups is 1. The Kier molecular flexibility index (Phi) is 6.86. The van der Waals surface area contributed by atoms with Gasteiger partial charge in [0.15, 0.2) is 5.82 Å². The number of allylic oxidation sites excluding steroid dienone is 1. The maximum absolute atomic E-state index is 12.8. The van der Waals surface area contributed by atoms with Crippen LogP contribution in [-0.4, -0.2) is 45.7 Å². The van der Waals surface area contributed by atoms with E-state index in [1.807, 2.05) is 45.9 Å². The molecule has 2 aromatic heterocycles. The van der Waals surface area contributed by atoms with Crippen molar-refractivity contribution in [2.24, 2.45) is 16.1 Å². The molecule has 10 heteroatoms. The zero-order valence-electron chi connectivity index (χ0n) is 19.6. The number of nitrogens with one attached hydrogen (secondary N) is 2. The number of anilines is 3. The molecule has 0 unspecified atom stereocenters. The number of methoxy groups -OCH3 is 1. The summed E-state index contributed by atoms with van der Waals surface area (Å²) < 4.78 is 5.12. The molecule has 0 aliphatic heterocycles. The van der Waals surface area contributed by atoms with Crippen LogP contribution in [0.3, 0.4) is 0 Å². The highest BCUT2D eigenvalue weighted by Gasteiger charge is 2.17. The van der Waals surface area contributed by atoms with Crippen molar-refractivity contribution in [2.75, 3.05) is 24.8 Å². The first-order valence-electron chi connectivity index (χ1n) is 10.3. The first-order valence-corrected chi connectivity index (χ1v) is 10.3. The van der Waals surface area contributed by atoms with Gasteiger partial charge < -0.3 is 21.1 Å². The molecule has 3 aromatic rings. The Morgan fingerprint density at radius 3 is 2.64 bits per heavy atom. The summed E-state index contributed by atoms with van der Waals surface area (Å²) in [5, 5.41) is 6.14. The van der Waals surface area contributed by atoms with Gasteiger partial charge in [0.1, 0.15) is 23.1 Å². The van der Waals surface area contributed by atoms with Crippen LogP contribution in [0.15, 0.2) is 47.5 Å². The number of nitrogens with two attached hydrogens (primary N) is 1. The van der Waals surface area contributed by atoms with E-state index >= 15 is 0 Å². The largest absolute Gasteiger partial charge is 0.467 e. The van der Waals surface area contributed by atoms with Crippen LogP contribution < -0.4 is 21.1 Å². The second-order valence-electron chi connectivity index (χ2n) is 8.38. The Balaban J connectivity index is 1.88. The summed E-state index contributed by atoms with van der Waals surface area (Å²) in [7, 11) is 3.05. The molecule has 1 aromatic carbocycles. The van der Waals surface area contributed by atoms with Crippen LogP contribution in [0, 0.1) is 12.3 Å². The number of aliphatic imine (C=N–C) groups is 1. The van der Waals surface area contributed by atoms with Gasteiger partial charge in [0.05, 0.1) is 13.3 Å². The number of aryl methyl sites for hydroxylation is 1. The molecule has 0 radical (unpaired) electrons. The minimum absolute atomic E-state index is 0.215. The number of amides is 1. The number of fused-ring (bicyclic) bond motifs is 1. The highest BCUT2D eigenvalue weighted by atomic mass is 16.5. The Morgan fingerprint density at radius 1 is 1.21 bits per heavy atom. The lowest BCUT2D eigenvalue weighted by atomic mass is 9.91. The molecule has 0 saturated heterocycles. The molecule has 0 aliphatic carbocycles. The molecule has 2 heterocycles. The summed E-state index contributed by atoms with van der Waals surface area (Å²) in [6.07, 6.45) is 4.60. The first-order chi connectivity index (χ1) is 15.6. The molecule has 0 spiro atoms. The van der Waals surface area contributed by atoms with Crippen molar-refractivity contribution in [2.45, 2.75) is 27.7 Å². The van der Waals surface area contributed by atoms with E-state index in [-0.39, 0.29) is 23.0 Å². The average Bonchev–Trinajstić information content (AvgIpc) is 2.78. The van der Waals surface area contributed by atoms with Gasteiger partial charge in [-0.3, -0.25) is 9.79 Å². The van der Waals surface area contributed by atoms with Crippen molar-refractivity contribution < 1.29 is 9.53 Å². The molecule has 10 nitrogen and oxygen atoms in total. The van der Waals surface area contributed by atoms with Crippen molar-refractivity contribution in [3.8, 4) is 6.01 Å². The fourth-order valence-corrected chi connectivity index (χ4v) is 2.78. The quantitative estimate of drug-likeness (QED) is 0.488. The number of hydrogen-bond donors (Lipinski definition) is 3. The standard InChI is InChI=1S/C23H28N8O2/c1-13-7-8-14(29-21(32)16(25-5)10-18(24)23(2,3)4)9-15(13)30-20-19-17(27-12-28-20)11-26-22(31-19)33-6/h7-12H,24H2,1-6H3,(H,29,32)(H,27,28,30). The molecule has 1 amide bonds. The van der Waals surface area contributed by atoms with Crippen molar-refractivity contribution in [1.29, 1.82) is 0 Å². The van der Waals surface area contributed by atoms with Crippen LogP contribution >= 0.6 is 0 Å². The van der Waals surface area contributed by atoms with Gasteiger partial charge in [-0.2, -0.15) is 4.98 Å². The average molecular weight is 449 g/mol. The summed E-state index contributed by atoms with van der Waals surface area (Å²) in [6.45, 7) is 7.86. The first kappa shape index (κ1) is 23.6. The van der Waals surface area contributed by atoms with Crippen LogP contribution in [0.25, 0.3) is 11.0 Å². The zero-order chi connectivity index (χ0) is 24.2. The highest BCUT2D eigenvalue weighted by Crippen LogP contribution is 2.27. The molecular formula is C23H28N8O2. The van der Waals surface area contributed by atoms with E-state index in [1.165, 1.54) is 13.4 Å². The van der Waals surface area contributed by atoms with Gasteiger partial charge in [0, 0.05) is 29.5 Å². The number of rotatable bonds is 6. The molecule has 33 heavy (non-hydrogen) atoms. The van der Waals surface area contributed by atoms with Gasteiger partial charge in [0.25, 0.3) is 5.91 Å². The van der Waals surface area contributed by atoms with Crippen LogP contribution in [0.2, 0.25) is 0 Å². The Hall–Kier alpha value is -4.08. The van der Waals surface area contributed by atoms with E-state index in [4.69, 9.17) is 10.5 Å². The smallest absolute Gasteiger partial charge is 0.316 e. The molecule has 0 bridgehead atoms. The van der Waals surface area contributed by atoms with E-state index in [0.717, 1.165) is 11.3 Å². The fraction of sp³-hybridized carbons (Fsp3) is 0.304. The molecule has 0 aliphatic rings. The molecule has 0 atom stereocenters. The summed E-state index contributed by atoms with van der Waals surface area (Å²) >= 11 is 0. The Bertz CT molecular complexity index is 1240. The lowest BCUT2D eigenvalue weighted by molar-refractivity contribution is -0.110. The van der Waals surface area contributed by atoms with Crippen molar-refractivity contribution >= 4 is 39.8 Å². The predicted molar refractivity (Wildman–Crippen MR) is 130 cm³/mol. The second kappa shape index (κ2) is 9.60. The fourth-order valence-electron chi connectivity index (χ4n) is 2.78. The van der Waals surface area contributed by atoms with E-state index < -0.39 is 0 Å². The summed E-state index contributed by atoms with van der Waals surface area (Å²) in [5.41, 5.74) is 10.0. The van der Waals surface area contributed by atoms with Crippen molar-refractivity contribution in [3.63, 3.8) is 0 Å². The molecule has 3 rings (SSSR count). The van der Waals surface area contributed by atoms with Gasteiger partial charge in [-0.25, -0.2) is 15.0 Å². The van der Waals surface area contributed by atoms with Gasteiger partial charge >= 0.3 is 6.01 Å². The predicted octanol–water partition coefficient (Wildman–Crippen LogP) is 3.38. The van der Waals surface area contributed by atoms with E-state index in [9.17, 15) is 4.79 Å². The van der Waals surface area contributed by atoms with Crippen molar-refractivity contribution in [1.82, 2.24) is 19.9 Å². The lowest BCUT2D eigenvalue weighted by Gasteiger charge is -2.19. The Morgan fingerprint density at radius 2 is 1.97 bits per heavy atom. The third-order valence-electron chi connectivity index (χ3n) is 4.92. The number of benzene rings is 1. The summed E-state index contributed by atoms with van der Waals surface area (Å²) in [4.78, 5) is 33.8. The molecule has 0 fully saturated rings. The number of carbonyl (C=O) groups excluding carboxylic acids is 1. The van der Waals surface area contributed by atoms with Gasteiger partial charge in [0.2, 0.25) is 0 Å².